The minimum atomic E-state index is -1.04. The van der Waals surface area contributed by atoms with E-state index in [2.05, 4.69) is 4.74 Å². The van der Waals surface area contributed by atoms with Crippen LogP contribution in [0.15, 0.2) is 17.0 Å². The van der Waals surface area contributed by atoms with Gasteiger partial charge in [0.1, 0.15) is 16.9 Å². The molecule has 0 saturated heterocycles. The summed E-state index contributed by atoms with van der Waals surface area (Å²) in [7, 11) is 1.23. The van der Waals surface area contributed by atoms with Gasteiger partial charge in [-0.2, -0.15) is 0 Å². The zero-order chi connectivity index (χ0) is 15.4. The second-order valence-corrected chi connectivity index (χ2v) is 5.87. The highest BCUT2D eigenvalue weighted by atomic mass is 35.5. The molecule has 0 aliphatic carbocycles. The minimum Gasteiger partial charge on any atom is -0.468 e. The molecule has 0 aromatic heterocycles. The molecular weight excluding hydrogens is 310 g/mol. The Labute approximate surface area is 124 Å². The molecule has 1 aromatic carbocycles. The Balaban J connectivity index is 3.16. The maximum absolute atomic E-state index is 13.7. The highest BCUT2D eigenvalue weighted by molar-refractivity contribution is 8.00. The van der Waals surface area contributed by atoms with Crippen molar-refractivity contribution in [3.63, 3.8) is 0 Å². The first-order valence-electron chi connectivity index (χ1n) is 5.71. The molecule has 0 N–H and O–H groups in total. The van der Waals surface area contributed by atoms with Gasteiger partial charge < -0.3 is 4.74 Å². The molecule has 20 heavy (non-hydrogen) atoms. The van der Waals surface area contributed by atoms with Crippen LogP contribution in [0, 0.1) is 17.6 Å². The first kappa shape index (κ1) is 16.9. The predicted molar refractivity (Wildman–Crippen MR) is 73.0 cm³/mol. The van der Waals surface area contributed by atoms with Gasteiger partial charge in [0.25, 0.3) is 5.24 Å². The molecule has 0 spiro atoms. The Kier molecular flexibility index (Phi) is 5.95. The van der Waals surface area contributed by atoms with E-state index in [1.165, 1.54) is 7.11 Å². The molecule has 1 unspecified atom stereocenters. The van der Waals surface area contributed by atoms with E-state index in [4.69, 9.17) is 11.6 Å². The van der Waals surface area contributed by atoms with Gasteiger partial charge in [-0.05, 0) is 23.6 Å². The molecular formula is C13H13ClF2O3S. The molecule has 0 aliphatic rings. The maximum Gasteiger partial charge on any atom is 0.319 e. The zero-order valence-corrected chi connectivity index (χ0v) is 12.6. The second-order valence-electron chi connectivity index (χ2n) is 4.34. The Morgan fingerprint density at radius 2 is 1.85 bits per heavy atom. The summed E-state index contributed by atoms with van der Waals surface area (Å²) in [6, 6.07) is 1.58. The van der Waals surface area contributed by atoms with Crippen LogP contribution in [0.1, 0.15) is 24.2 Å². The van der Waals surface area contributed by atoms with Crippen LogP contribution in [0.5, 0.6) is 0 Å². The topological polar surface area (TPSA) is 43.4 Å². The lowest BCUT2D eigenvalue weighted by Gasteiger charge is -2.18. The highest BCUT2D eigenvalue weighted by Crippen LogP contribution is 2.32. The zero-order valence-electron chi connectivity index (χ0n) is 11.1. The van der Waals surface area contributed by atoms with Crippen LogP contribution in [0.2, 0.25) is 0 Å². The first-order chi connectivity index (χ1) is 9.27. The van der Waals surface area contributed by atoms with Crippen molar-refractivity contribution in [3.05, 3.63) is 29.3 Å². The summed E-state index contributed by atoms with van der Waals surface area (Å²) in [6.07, 6.45) is 0. The largest absolute Gasteiger partial charge is 0.468 e. The molecule has 1 rings (SSSR count). The lowest BCUT2D eigenvalue weighted by atomic mass is 10.1. The minimum absolute atomic E-state index is 0.0282. The van der Waals surface area contributed by atoms with Crippen molar-refractivity contribution in [1.82, 2.24) is 0 Å². The van der Waals surface area contributed by atoms with Gasteiger partial charge in [-0.15, -0.1) is 11.8 Å². The quantitative estimate of drug-likeness (QED) is 0.471. The smallest absolute Gasteiger partial charge is 0.319 e. The molecule has 0 bridgehead atoms. The molecule has 0 saturated carbocycles. The maximum atomic E-state index is 13.7. The summed E-state index contributed by atoms with van der Waals surface area (Å²) in [6.45, 7) is 3.53. The summed E-state index contributed by atoms with van der Waals surface area (Å²) >= 11 is 6.09. The predicted octanol–water partition coefficient (Wildman–Crippen LogP) is 3.63. The second kappa shape index (κ2) is 7.04. The van der Waals surface area contributed by atoms with Gasteiger partial charge in [-0.25, -0.2) is 8.78 Å². The van der Waals surface area contributed by atoms with Crippen LogP contribution in [0.25, 0.3) is 0 Å². The number of benzene rings is 1. The van der Waals surface area contributed by atoms with Crippen molar-refractivity contribution < 1.29 is 23.1 Å². The summed E-state index contributed by atoms with van der Waals surface area (Å²) < 4.78 is 31.7. The lowest BCUT2D eigenvalue weighted by molar-refractivity contribution is -0.140. The summed E-state index contributed by atoms with van der Waals surface area (Å²) in [5.41, 5.74) is -0.428. The number of halogens is 3. The molecule has 0 amide bonds. The molecule has 0 fully saturated rings. The highest BCUT2D eigenvalue weighted by Gasteiger charge is 2.26. The van der Waals surface area contributed by atoms with E-state index in [0.717, 1.165) is 17.8 Å². The van der Waals surface area contributed by atoms with E-state index in [9.17, 15) is 18.4 Å². The summed E-state index contributed by atoms with van der Waals surface area (Å²) in [5.74, 6) is -2.55. The van der Waals surface area contributed by atoms with Gasteiger partial charge >= 0.3 is 5.97 Å². The fraction of sp³-hybridized carbons (Fsp3) is 0.385. The van der Waals surface area contributed by atoms with Gasteiger partial charge in [0.15, 0.2) is 0 Å². The van der Waals surface area contributed by atoms with Crippen LogP contribution in [0.4, 0.5) is 8.78 Å². The standard InChI is InChI=1S/C13H13ClF2O3S/c1-6(2)11(13(18)19-3)20-10-4-7(12(14)17)8(15)5-9(10)16/h4-6,11H,1-3H3. The van der Waals surface area contributed by atoms with Crippen LogP contribution in [0.3, 0.4) is 0 Å². The Morgan fingerprint density at radius 3 is 2.30 bits per heavy atom. The molecule has 110 valence electrons. The molecule has 1 aromatic rings. The average molecular weight is 323 g/mol. The number of ether oxygens (including phenoxy) is 1. The molecule has 3 nitrogen and oxygen atoms in total. The van der Waals surface area contributed by atoms with Crippen molar-refractivity contribution in [3.8, 4) is 0 Å². The Hall–Kier alpha value is -1.14. The van der Waals surface area contributed by atoms with Crippen LogP contribution in [-0.4, -0.2) is 23.6 Å². The van der Waals surface area contributed by atoms with E-state index in [-0.39, 0.29) is 10.8 Å². The van der Waals surface area contributed by atoms with Crippen molar-refractivity contribution >= 4 is 34.6 Å². The summed E-state index contributed by atoms with van der Waals surface area (Å²) in [5, 5.41) is -1.69. The van der Waals surface area contributed by atoms with E-state index in [0.29, 0.717) is 6.07 Å². The average Bonchev–Trinajstić information content (AvgIpc) is 2.36. The fourth-order valence-corrected chi connectivity index (χ4v) is 2.72. The van der Waals surface area contributed by atoms with Crippen molar-refractivity contribution in [2.75, 3.05) is 7.11 Å². The third-order valence-corrected chi connectivity index (χ3v) is 4.29. The number of hydrogen-bond donors (Lipinski definition) is 0. The van der Waals surface area contributed by atoms with E-state index in [1.54, 1.807) is 13.8 Å². The van der Waals surface area contributed by atoms with E-state index >= 15 is 0 Å². The van der Waals surface area contributed by atoms with Crippen LogP contribution >= 0.6 is 23.4 Å². The third-order valence-electron chi connectivity index (χ3n) is 2.53. The van der Waals surface area contributed by atoms with Crippen LogP contribution < -0.4 is 0 Å². The number of thioether (sulfide) groups is 1. The number of carbonyl (C=O) groups is 2. The molecule has 0 aliphatic heterocycles. The van der Waals surface area contributed by atoms with Gasteiger partial charge in [0.2, 0.25) is 0 Å². The molecule has 7 heteroatoms. The van der Waals surface area contributed by atoms with Crippen molar-refractivity contribution in [1.29, 1.82) is 0 Å². The number of methoxy groups -OCH3 is 1. The van der Waals surface area contributed by atoms with Gasteiger partial charge in [0.05, 0.1) is 12.7 Å². The van der Waals surface area contributed by atoms with Gasteiger partial charge in [0, 0.05) is 11.0 Å². The summed E-state index contributed by atoms with van der Waals surface area (Å²) in [4.78, 5) is 22.6. The van der Waals surface area contributed by atoms with Crippen molar-refractivity contribution in [2.45, 2.75) is 24.0 Å². The molecule has 0 heterocycles. The fourth-order valence-electron chi connectivity index (χ4n) is 1.48. The number of esters is 1. The van der Waals surface area contributed by atoms with E-state index < -0.39 is 33.7 Å². The number of carbonyl (C=O) groups excluding carboxylic acids is 2. The molecule has 1 atom stereocenters. The lowest BCUT2D eigenvalue weighted by Crippen LogP contribution is -2.24. The third kappa shape index (κ3) is 3.93. The van der Waals surface area contributed by atoms with Crippen LogP contribution in [-0.2, 0) is 9.53 Å². The molecule has 0 radical (unpaired) electrons. The Bertz CT molecular complexity index is 535. The first-order valence-corrected chi connectivity index (χ1v) is 6.97. The number of hydrogen-bond acceptors (Lipinski definition) is 4. The van der Waals surface area contributed by atoms with Gasteiger partial charge in [-0.3, -0.25) is 9.59 Å². The normalized spacial score (nSPS) is 12.3. The van der Waals surface area contributed by atoms with Gasteiger partial charge in [-0.1, -0.05) is 13.8 Å². The SMILES string of the molecule is COC(=O)C(Sc1cc(C(=O)Cl)c(F)cc1F)C(C)C. The number of rotatable bonds is 5. The van der Waals surface area contributed by atoms with Crippen molar-refractivity contribution in [2.24, 2.45) is 5.92 Å². The van der Waals surface area contributed by atoms with E-state index in [1.807, 2.05) is 0 Å². The monoisotopic (exact) mass is 322 g/mol. The Morgan fingerprint density at radius 1 is 1.25 bits per heavy atom.